The van der Waals surface area contributed by atoms with Crippen molar-refractivity contribution >= 4 is 11.3 Å². The summed E-state index contributed by atoms with van der Waals surface area (Å²) in [6.07, 6.45) is -10.2. The second kappa shape index (κ2) is 4.52. The first-order chi connectivity index (χ1) is 8.71. The lowest BCUT2D eigenvalue weighted by Gasteiger charge is -2.18. The van der Waals surface area contributed by atoms with Gasteiger partial charge in [-0.25, -0.2) is 4.98 Å². The highest BCUT2D eigenvalue weighted by molar-refractivity contribution is 7.07. The van der Waals surface area contributed by atoms with E-state index >= 15 is 0 Å². The zero-order valence-corrected chi connectivity index (χ0v) is 9.75. The van der Waals surface area contributed by atoms with Gasteiger partial charge in [-0.3, -0.25) is 0 Å². The van der Waals surface area contributed by atoms with E-state index in [0.29, 0.717) is 6.07 Å². The third-order valence-corrected chi connectivity index (χ3v) is 2.86. The van der Waals surface area contributed by atoms with Gasteiger partial charge >= 0.3 is 12.4 Å². The molecule has 0 fully saturated rings. The number of benzene rings is 1. The Morgan fingerprint density at radius 1 is 1.00 bits per heavy atom. The van der Waals surface area contributed by atoms with Crippen LogP contribution in [0, 0.1) is 5.51 Å². The summed E-state index contributed by atoms with van der Waals surface area (Å²) < 4.78 is 76.7. The molecule has 0 spiro atoms. The van der Waals surface area contributed by atoms with Gasteiger partial charge in [-0.1, -0.05) is 12.1 Å². The number of rotatable bonds is 1. The van der Waals surface area contributed by atoms with E-state index in [-0.39, 0.29) is 5.69 Å². The fraction of sp³-hybridized carbons (Fsp3) is 0.182. The zero-order valence-electron chi connectivity index (χ0n) is 8.93. The molecule has 2 rings (SSSR count). The summed E-state index contributed by atoms with van der Waals surface area (Å²) in [5, 5.41) is 1.21. The molecule has 0 saturated heterocycles. The van der Waals surface area contributed by atoms with Crippen LogP contribution >= 0.6 is 11.3 Å². The molecule has 0 aliphatic rings. The summed E-state index contributed by atoms with van der Waals surface area (Å²) in [7, 11) is 0. The van der Waals surface area contributed by atoms with Crippen molar-refractivity contribution in [1.82, 2.24) is 4.98 Å². The highest BCUT2D eigenvalue weighted by Crippen LogP contribution is 2.44. The molecule has 0 atom stereocenters. The Morgan fingerprint density at radius 2 is 1.68 bits per heavy atom. The first kappa shape index (κ1) is 13.9. The minimum absolute atomic E-state index is 0.177. The van der Waals surface area contributed by atoms with Gasteiger partial charge in [0.2, 0.25) is 0 Å². The van der Waals surface area contributed by atoms with Crippen LogP contribution in [0.3, 0.4) is 0 Å². The third-order valence-electron chi connectivity index (χ3n) is 2.32. The van der Waals surface area contributed by atoms with Gasteiger partial charge in [0, 0.05) is 10.9 Å². The topological polar surface area (TPSA) is 12.9 Å². The first-order valence-corrected chi connectivity index (χ1v) is 5.68. The summed E-state index contributed by atoms with van der Waals surface area (Å²) in [4.78, 5) is 3.51. The van der Waals surface area contributed by atoms with Crippen LogP contribution in [0.25, 0.3) is 11.3 Å². The fourth-order valence-electron chi connectivity index (χ4n) is 1.62. The summed E-state index contributed by atoms with van der Waals surface area (Å²) in [5.74, 6) is 0. The minimum Gasteiger partial charge on any atom is -0.233 e. The molecular formula is C11H4F6NS. The number of hydrogen-bond acceptors (Lipinski definition) is 2. The monoisotopic (exact) mass is 296 g/mol. The van der Waals surface area contributed by atoms with E-state index in [4.69, 9.17) is 0 Å². The molecule has 0 unspecified atom stereocenters. The molecular weight excluding hydrogens is 292 g/mol. The Bertz CT molecular complexity index is 570. The summed E-state index contributed by atoms with van der Waals surface area (Å²) in [6, 6.07) is 2.29. The van der Waals surface area contributed by atoms with Crippen LogP contribution in [-0.2, 0) is 12.4 Å². The molecule has 19 heavy (non-hydrogen) atoms. The standard InChI is InChI=1S/C11H4F6NS/c12-10(13,14)7-3-1-2-6(8-4-19-5-18-8)9(7)11(15,16)17/h1-4H. The normalized spacial score (nSPS) is 12.7. The Morgan fingerprint density at radius 3 is 2.16 bits per heavy atom. The predicted molar refractivity (Wildman–Crippen MR) is 56.4 cm³/mol. The molecule has 0 aliphatic carbocycles. The van der Waals surface area contributed by atoms with Crippen LogP contribution < -0.4 is 0 Å². The van der Waals surface area contributed by atoms with E-state index in [2.05, 4.69) is 10.5 Å². The molecule has 0 amide bonds. The van der Waals surface area contributed by atoms with Gasteiger partial charge < -0.3 is 0 Å². The van der Waals surface area contributed by atoms with Gasteiger partial charge in [0.05, 0.1) is 16.8 Å². The molecule has 1 aromatic heterocycles. The number of halogens is 6. The largest absolute Gasteiger partial charge is 0.417 e. The van der Waals surface area contributed by atoms with E-state index in [1.807, 2.05) is 0 Å². The van der Waals surface area contributed by atoms with Gasteiger partial charge in [0.1, 0.15) is 0 Å². The molecule has 0 saturated carbocycles. The van der Waals surface area contributed by atoms with Crippen LogP contribution in [0.5, 0.6) is 0 Å². The number of thiazole rings is 1. The molecule has 1 radical (unpaired) electrons. The average Bonchev–Trinajstić information content (AvgIpc) is 2.79. The second-order valence-corrected chi connectivity index (χ2v) is 4.20. The first-order valence-electron chi connectivity index (χ1n) is 4.80. The van der Waals surface area contributed by atoms with Gasteiger partial charge in [0.25, 0.3) is 0 Å². The molecule has 0 aliphatic heterocycles. The van der Waals surface area contributed by atoms with Gasteiger partial charge in [0.15, 0.2) is 5.51 Å². The van der Waals surface area contributed by atoms with Crippen LogP contribution in [0.4, 0.5) is 26.3 Å². The maximum atomic E-state index is 12.9. The van der Waals surface area contributed by atoms with Crippen LogP contribution in [0.15, 0.2) is 23.6 Å². The minimum atomic E-state index is -5.12. The molecule has 1 heterocycles. The van der Waals surface area contributed by atoms with Crippen molar-refractivity contribution in [2.24, 2.45) is 0 Å². The van der Waals surface area contributed by atoms with Crippen molar-refractivity contribution in [3.8, 4) is 11.3 Å². The van der Waals surface area contributed by atoms with Gasteiger partial charge in [-0.05, 0) is 6.07 Å². The number of nitrogens with zero attached hydrogens (tertiary/aromatic N) is 1. The number of alkyl halides is 6. The van der Waals surface area contributed by atoms with E-state index in [0.717, 1.165) is 23.5 Å². The average molecular weight is 296 g/mol. The maximum absolute atomic E-state index is 12.9. The molecule has 101 valence electrons. The Balaban J connectivity index is 2.76. The number of hydrogen-bond donors (Lipinski definition) is 0. The maximum Gasteiger partial charge on any atom is 0.417 e. The van der Waals surface area contributed by atoms with Crippen LogP contribution in [0.2, 0.25) is 0 Å². The summed E-state index contributed by atoms with van der Waals surface area (Å²) in [5.41, 5.74) is -1.90. The van der Waals surface area contributed by atoms with Crippen molar-refractivity contribution < 1.29 is 26.3 Å². The smallest absolute Gasteiger partial charge is 0.233 e. The quantitative estimate of drug-likeness (QED) is 0.698. The molecule has 8 heteroatoms. The molecule has 0 N–H and O–H groups in total. The van der Waals surface area contributed by atoms with E-state index in [1.54, 1.807) is 0 Å². The fourth-order valence-corrected chi connectivity index (χ4v) is 2.11. The Labute approximate surface area is 107 Å². The zero-order chi connectivity index (χ0) is 14.3. The SMILES string of the molecule is FC(F)(F)c1cccc(-c2cs[c]n2)c1C(F)(F)F. The summed E-state index contributed by atoms with van der Waals surface area (Å²) >= 11 is 0.882. The van der Waals surface area contributed by atoms with Crippen LogP contribution in [-0.4, -0.2) is 4.98 Å². The third kappa shape index (κ3) is 2.73. The number of aromatic nitrogens is 1. The van der Waals surface area contributed by atoms with E-state index < -0.39 is 29.0 Å². The Hall–Kier alpha value is -1.57. The van der Waals surface area contributed by atoms with Crippen molar-refractivity contribution in [3.05, 3.63) is 40.2 Å². The van der Waals surface area contributed by atoms with Crippen molar-refractivity contribution in [2.75, 3.05) is 0 Å². The highest BCUT2D eigenvalue weighted by Gasteiger charge is 2.45. The molecule has 1 nitrogen and oxygen atoms in total. The lowest BCUT2D eigenvalue weighted by atomic mass is 9.98. The molecule has 0 bridgehead atoms. The van der Waals surface area contributed by atoms with E-state index in [9.17, 15) is 26.3 Å². The van der Waals surface area contributed by atoms with Crippen molar-refractivity contribution in [2.45, 2.75) is 12.4 Å². The Kier molecular flexibility index (Phi) is 3.29. The van der Waals surface area contributed by atoms with Crippen molar-refractivity contribution in [3.63, 3.8) is 0 Å². The second-order valence-electron chi connectivity index (χ2n) is 3.55. The van der Waals surface area contributed by atoms with E-state index in [1.165, 1.54) is 5.38 Å². The lowest BCUT2D eigenvalue weighted by molar-refractivity contribution is -0.161. The predicted octanol–water partition coefficient (Wildman–Crippen LogP) is 4.65. The van der Waals surface area contributed by atoms with Gasteiger partial charge in [-0.15, -0.1) is 11.3 Å². The molecule has 2 aromatic rings. The summed E-state index contributed by atoms with van der Waals surface area (Å²) in [6.45, 7) is 0. The lowest BCUT2D eigenvalue weighted by Crippen LogP contribution is -2.17. The highest BCUT2D eigenvalue weighted by atomic mass is 32.1. The van der Waals surface area contributed by atoms with Crippen LogP contribution in [0.1, 0.15) is 11.1 Å². The molecule has 1 aromatic carbocycles. The van der Waals surface area contributed by atoms with Gasteiger partial charge in [-0.2, -0.15) is 26.3 Å². The van der Waals surface area contributed by atoms with Crippen molar-refractivity contribution in [1.29, 1.82) is 0 Å².